The number of hydrogen-bond acceptors (Lipinski definition) is 3. The maximum Gasteiger partial charge on any atom is 0.191 e. The Kier molecular flexibility index (Phi) is 6.34. The van der Waals surface area contributed by atoms with Crippen LogP contribution in [-0.4, -0.2) is 67.8 Å². The number of fused-ring (bicyclic) bond motifs is 1. The molecular formula is C20H30FN5O. The Bertz CT molecular complexity index is 780. The van der Waals surface area contributed by atoms with E-state index in [0.717, 1.165) is 62.7 Å². The van der Waals surface area contributed by atoms with Crippen LogP contribution in [-0.2, 0) is 11.2 Å². The summed E-state index contributed by atoms with van der Waals surface area (Å²) in [6, 6.07) is 4.86. The fourth-order valence-electron chi connectivity index (χ4n) is 3.48. The Balaban J connectivity index is 1.48. The van der Waals surface area contributed by atoms with Gasteiger partial charge in [-0.15, -0.1) is 0 Å². The van der Waals surface area contributed by atoms with Gasteiger partial charge in [-0.3, -0.25) is 9.89 Å². The Labute approximate surface area is 160 Å². The molecule has 1 fully saturated rings. The van der Waals surface area contributed by atoms with Gasteiger partial charge in [0.1, 0.15) is 5.82 Å². The van der Waals surface area contributed by atoms with Crippen LogP contribution in [0.4, 0.5) is 4.39 Å². The van der Waals surface area contributed by atoms with Crippen LogP contribution >= 0.6 is 0 Å². The molecule has 148 valence electrons. The largest absolute Gasteiger partial charge is 0.379 e. The van der Waals surface area contributed by atoms with Crippen molar-refractivity contribution in [3.63, 3.8) is 0 Å². The molecule has 0 atom stereocenters. The minimum absolute atomic E-state index is 0.0301. The molecule has 0 bridgehead atoms. The molecule has 6 nitrogen and oxygen atoms in total. The first-order valence-electron chi connectivity index (χ1n) is 9.52. The highest BCUT2D eigenvalue weighted by molar-refractivity contribution is 5.83. The van der Waals surface area contributed by atoms with Crippen molar-refractivity contribution in [2.45, 2.75) is 25.8 Å². The lowest BCUT2D eigenvalue weighted by Gasteiger charge is -2.41. The molecule has 7 heteroatoms. The van der Waals surface area contributed by atoms with Crippen LogP contribution < -0.4 is 10.6 Å². The summed E-state index contributed by atoms with van der Waals surface area (Å²) in [5.74, 6) is 0.573. The first-order chi connectivity index (χ1) is 13.0. The van der Waals surface area contributed by atoms with E-state index in [0.29, 0.717) is 0 Å². The summed E-state index contributed by atoms with van der Waals surface area (Å²) < 4.78 is 18.7. The van der Waals surface area contributed by atoms with Gasteiger partial charge in [0.25, 0.3) is 0 Å². The van der Waals surface area contributed by atoms with E-state index in [1.807, 2.05) is 12.3 Å². The molecule has 0 saturated carbocycles. The zero-order valence-corrected chi connectivity index (χ0v) is 16.4. The molecule has 1 aromatic heterocycles. The molecule has 1 aromatic carbocycles. The maximum absolute atomic E-state index is 13.3. The van der Waals surface area contributed by atoms with Crippen LogP contribution in [0.2, 0.25) is 0 Å². The van der Waals surface area contributed by atoms with E-state index in [4.69, 9.17) is 4.74 Å². The van der Waals surface area contributed by atoms with E-state index in [2.05, 4.69) is 39.4 Å². The topological polar surface area (TPSA) is 64.7 Å². The van der Waals surface area contributed by atoms with E-state index >= 15 is 0 Å². The molecule has 27 heavy (non-hydrogen) atoms. The average Bonchev–Trinajstić information content (AvgIpc) is 3.07. The number of ether oxygens (including phenoxy) is 1. The third-order valence-corrected chi connectivity index (χ3v) is 5.20. The van der Waals surface area contributed by atoms with Crippen molar-refractivity contribution in [1.29, 1.82) is 0 Å². The number of H-pyrrole nitrogens is 1. The van der Waals surface area contributed by atoms with E-state index in [9.17, 15) is 4.39 Å². The molecule has 0 radical (unpaired) electrons. The fourth-order valence-corrected chi connectivity index (χ4v) is 3.48. The van der Waals surface area contributed by atoms with Gasteiger partial charge in [0.05, 0.1) is 13.2 Å². The summed E-state index contributed by atoms with van der Waals surface area (Å²) in [6.07, 6.45) is 2.78. The van der Waals surface area contributed by atoms with E-state index in [1.165, 1.54) is 17.7 Å². The van der Waals surface area contributed by atoms with Gasteiger partial charge in [0.15, 0.2) is 5.96 Å². The van der Waals surface area contributed by atoms with Crippen molar-refractivity contribution in [2.24, 2.45) is 4.99 Å². The van der Waals surface area contributed by atoms with Crippen LogP contribution in [0.5, 0.6) is 0 Å². The van der Waals surface area contributed by atoms with Gasteiger partial charge in [-0.1, -0.05) is 0 Å². The molecule has 0 spiro atoms. The molecule has 0 amide bonds. The van der Waals surface area contributed by atoms with Crippen molar-refractivity contribution in [3.8, 4) is 0 Å². The molecule has 1 aliphatic heterocycles. The highest BCUT2D eigenvalue weighted by Crippen LogP contribution is 2.19. The van der Waals surface area contributed by atoms with Crippen LogP contribution in [0.3, 0.4) is 0 Å². The highest BCUT2D eigenvalue weighted by Gasteiger charge is 2.28. The SMILES string of the molecule is CN=C(NCCc1c[nH]c2cc(F)ccc12)NCC(C)(C)N1CCOCC1. The predicted octanol–water partition coefficient (Wildman–Crippen LogP) is 2.13. The number of aliphatic imine (C=N–C) groups is 1. The summed E-state index contributed by atoms with van der Waals surface area (Å²) in [4.78, 5) is 9.90. The number of nitrogens with zero attached hydrogens (tertiary/aromatic N) is 2. The van der Waals surface area contributed by atoms with E-state index < -0.39 is 0 Å². The van der Waals surface area contributed by atoms with Crippen LogP contribution in [0.15, 0.2) is 29.4 Å². The molecule has 0 unspecified atom stereocenters. The second-order valence-electron chi connectivity index (χ2n) is 7.52. The van der Waals surface area contributed by atoms with E-state index in [-0.39, 0.29) is 11.4 Å². The normalized spacial score (nSPS) is 16.7. The van der Waals surface area contributed by atoms with Crippen molar-refractivity contribution in [1.82, 2.24) is 20.5 Å². The van der Waals surface area contributed by atoms with Crippen LogP contribution in [0.25, 0.3) is 10.9 Å². The number of guanidine groups is 1. The highest BCUT2D eigenvalue weighted by atomic mass is 19.1. The fraction of sp³-hybridized carbons (Fsp3) is 0.550. The van der Waals surface area contributed by atoms with Crippen molar-refractivity contribution in [2.75, 3.05) is 46.4 Å². The summed E-state index contributed by atoms with van der Waals surface area (Å²) in [7, 11) is 1.78. The number of rotatable bonds is 6. The molecule has 2 heterocycles. The molecule has 1 saturated heterocycles. The number of morpholine rings is 1. The number of halogens is 1. The second kappa shape index (κ2) is 8.71. The minimum Gasteiger partial charge on any atom is -0.379 e. The Morgan fingerprint density at radius 2 is 2.07 bits per heavy atom. The van der Waals surface area contributed by atoms with Crippen LogP contribution in [0, 0.1) is 5.82 Å². The average molecular weight is 375 g/mol. The van der Waals surface area contributed by atoms with Crippen molar-refractivity contribution < 1.29 is 9.13 Å². The maximum atomic E-state index is 13.3. The zero-order chi connectivity index (χ0) is 19.3. The van der Waals surface area contributed by atoms with Gasteiger partial charge in [0, 0.05) is 55.9 Å². The molecule has 0 aliphatic carbocycles. The Morgan fingerprint density at radius 1 is 1.30 bits per heavy atom. The number of benzene rings is 1. The van der Waals surface area contributed by atoms with Crippen molar-refractivity contribution >= 4 is 16.9 Å². The molecule has 1 aliphatic rings. The number of aromatic amines is 1. The minimum atomic E-state index is -0.221. The first-order valence-corrected chi connectivity index (χ1v) is 9.52. The van der Waals surface area contributed by atoms with Crippen molar-refractivity contribution in [3.05, 3.63) is 35.8 Å². The van der Waals surface area contributed by atoms with Gasteiger partial charge in [0.2, 0.25) is 0 Å². The molecule has 2 aromatic rings. The molecule has 3 rings (SSSR count). The molecular weight excluding hydrogens is 345 g/mol. The monoisotopic (exact) mass is 375 g/mol. The first kappa shape index (κ1) is 19.6. The molecule has 3 N–H and O–H groups in total. The van der Waals surface area contributed by atoms with Gasteiger partial charge in [-0.25, -0.2) is 4.39 Å². The van der Waals surface area contributed by atoms with E-state index in [1.54, 1.807) is 7.05 Å². The standard InChI is InChI=1S/C20H30FN5O/c1-20(2,26-8-10-27-11-9-26)14-25-19(22-3)23-7-6-15-13-24-18-12-16(21)4-5-17(15)18/h4-5,12-13,24H,6-11,14H2,1-3H3,(H2,22,23,25). The summed E-state index contributed by atoms with van der Waals surface area (Å²) in [6.45, 7) is 9.55. The van der Waals surface area contributed by atoms with Crippen LogP contribution in [0.1, 0.15) is 19.4 Å². The second-order valence-corrected chi connectivity index (χ2v) is 7.52. The number of nitrogens with one attached hydrogen (secondary N) is 3. The Hall–Kier alpha value is -2.12. The zero-order valence-electron chi connectivity index (χ0n) is 16.4. The summed E-state index contributed by atoms with van der Waals surface area (Å²) >= 11 is 0. The van der Waals surface area contributed by atoms with Gasteiger partial charge < -0.3 is 20.4 Å². The Morgan fingerprint density at radius 3 is 2.81 bits per heavy atom. The predicted molar refractivity (Wildman–Crippen MR) is 108 cm³/mol. The summed E-state index contributed by atoms with van der Waals surface area (Å²) in [5.41, 5.74) is 2.03. The summed E-state index contributed by atoms with van der Waals surface area (Å²) in [5, 5.41) is 7.86. The lowest BCUT2D eigenvalue weighted by atomic mass is 10.0. The van der Waals surface area contributed by atoms with Gasteiger partial charge >= 0.3 is 0 Å². The van der Waals surface area contributed by atoms with Gasteiger partial charge in [-0.2, -0.15) is 0 Å². The third-order valence-electron chi connectivity index (χ3n) is 5.20. The lowest BCUT2D eigenvalue weighted by Crippen LogP contribution is -2.56. The number of hydrogen-bond donors (Lipinski definition) is 3. The lowest BCUT2D eigenvalue weighted by molar-refractivity contribution is -0.00833. The number of aromatic nitrogens is 1. The van der Waals surface area contributed by atoms with Gasteiger partial charge in [-0.05, 0) is 44.0 Å². The third kappa shape index (κ3) is 4.99. The quantitative estimate of drug-likeness (QED) is 0.535. The smallest absolute Gasteiger partial charge is 0.191 e.